The van der Waals surface area contributed by atoms with E-state index in [2.05, 4.69) is 27.7 Å². The van der Waals surface area contributed by atoms with E-state index in [1.54, 1.807) is 6.07 Å². The molecule has 0 aromatic heterocycles. The van der Waals surface area contributed by atoms with Gasteiger partial charge < -0.3 is 5.73 Å². The molecule has 1 rings (SSSR count). The Morgan fingerprint density at radius 2 is 1.83 bits per heavy atom. The van der Waals surface area contributed by atoms with Gasteiger partial charge in [0, 0.05) is 6.04 Å². The van der Waals surface area contributed by atoms with Crippen molar-refractivity contribution in [3.8, 4) is 0 Å². The summed E-state index contributed by atoms with van der Waals surface area (Å²) in [5, 5.41) is 0. The average Bonchev–Trinajstić information content (AvgIpc) is 2.23. The smallest absolute Gasteiger partial charge is 0.162 e. The quantitative estimate of drug-likeness (QED) is 0.867. The summed E-state index contributed by atoms with van der Waals surface area (Å²) in [5.74, 6) is -1.14. The number of halogens is 2. The minimum absolute atomic E-state index is 0.143. The second-order valence-corrected chi connectivity index (χ2v) is 6.18. The van der Waals surface area contributed by atoms with Crippen LogP contribution >= 0.6 is 0 Å². The van der Waals surface area contributed by atoms with Gasteiger partial charge in [0.2, 0.25) is 0 Å². The van der Waals surface area contributed by atoms with Gasteiger partial charge in [0.1, 0.15) is 0 Å². The lowest BCUT2D eigenvalue weighted by Crippen LogP contribution is -2.30. The number of nitrogens with two attached hydrogens (primary N) is 1. The van der Waals surface area contributed by atoms with Gasteiger partial charge in [0.15, 0.2) is 11.6 Å². The van der Waals surface area contributed by atoms with Gasteiger partial charge in [-0.25, -0.2) is 8.78 Å². The molecular formula is C15H23F2N. The third-order valence-corrected chi connectivity index (χ3v) is 3.65. The largest absolute Gasteiger partial charge is 0.327 e. The molecule has 18 heavy (non-hydrogen) atoms. The van der Waals surface area contributed by atoms with Gasteiger partial charge in [0.05, 0.1) is 0 Å². The predicted molar refractivity (Wildman–Crippen MR) is 71.3 cm³/mol. The highest BCUT2D eigenvalue weighted by Gasteiger charge is 2.22. The van der Waals surface area contributed by atoms with E-state index in [1.807, 2.05) is 0 Å². The fraction of sp³-hybridized carbons (Fsp3) is 0.600. The number of benzene rings is 1. The molecule has 0 aliphatic carbocycles. The highest BCUT2D eigenvalue weighted by atomic mass is 19.2. The summed E-state index contributed by atoms with van der Waals surface area (Å²) in [6.07, 6.45) is 1.18. The molecule has 0 aliphatic heterocycles. The summed E-state index contributed by atoms with van der Waals surface area (Å²) in [4.78, 5) is 0. The predicted octanol–water partition coefficient (Wildman–Crippen LogP) is 3.91. The number of rotatable bonds is 4. The van der Waals surface area contributed by atoms with Crippen LogP contribution < -0.4 is 5.73 Å². The molecule has 102 valence electrons. The number of hydrogen-bond acceptors (Lipinski definition) is 1. The van der Waals surface area contributed by atoms with Gasteiger partial charge in [-0.2, -0.15) is 0 Å². The summed E-state index contributed by atoms with van der Waals surface area (Å²) >= 11 is 0. The van der Waals surface area contributed by atoms with Crippen LogP contribution in [0.5, 0.6) is 0 Å². The van der Waals surface area contributed by atoms with Crippen molar-refractivity contribution in [3.05, 3.63) is 35.4 Å². The fourth-order valence-electron chi connectivity index (χ4n) is 1.88. The molecule has 0 saturated carbocycles. The minimum Gasteiger partial charge on any atom is -0.327 e. The van der Waals surface area contributed by atoms with Crippen LogP contribution in [0.15, 0.2) is 18.2 Å². The van der Waals surface area contributed by atoms with Crippen LogP contribution in [0.4, 0.5) is 8.78 Å². The summed E-state index contributed by atoms with van der Waals surface area (Å²) in [6, 6.07) is 4.10. The third-order valence-electron chi connectivity index (χ3n) is 3.65. The van der Waals surface area contributed by atoms with Crippen LogP contribution in [-0.2, 0) is 6.42 Å². The van der Waals surface area contributed by atoms with Crippen molar-refractivity contribution in [3.63, 3.8) is 0 Å². The van der Waals surface area contributed by atoms with E-state index in [1.165, 1.54) is 6.07 Å². The first-order valence-corrected chi connectivity index (χ1v) is 6.40. The van der Waals surface area contributed by atoms with Crippen molar-refractivity contribution in [2.75, 3.05) is 0 Å². The molecule has 2 atom stereocenters. The van der Waals surface area contributed by atoms with Gasteiger partial charge in [-0.3, -0.25) is 0 Å². The minimum atomic E-state index is -0.802. The van der Waals surface area contributed by atoms with Crippen molar-refractivity contribution < 1.29 is 8.78 Å². The molecule has 0 spiro atoms. The summed E-state index contributed by atoms with van der Waals surface area (Å²) < 4.78 is 26.6. The standard InChI is InChI=1S/C15H23F2N/c1-10(15(2,3)4)8-12(18)9-11-6-5-7-13(16)14(11)17/h5-7,10,12H,8-9,18H2,1-4H3. The van der Waals surface area contributed by atoms with Gasteiger partial charge in [0.25, 0.3) is 0 Å². The van der Waals surface area contributed by atoms with Crippen LogP contribution in [0.2, 0.25) is 0 Å². The summed E-state index contributed by atoms with van der Waals surface area (Å²) in [5.41, 5.74) is 6.58. The topological polar surface area (TPSA) is 26.0 Å². The molecule has 0 fully saturated rings. The highest BCUT2D eigenvalue weighted by molar-refractivity contribution is 5.19. The highest BCUT2D eigenvalue weighted by Crippen LogP contribution is 2.29. The van der Waals surface area contributed by atoms with E-state index < -0.39 is 11.6 Å². The van der Waals surface area contributed by atoms with Gasteiger partial charge in [-0.1, -0.05) is 39.8 Å². The maximum absolute atomic E-state index is 13.5. The zero-order chi connectivity index (χ0) is 13.9. The molecule has 1 aromatic rings. The molecule has 2 N–H and O–H groups in total. The average molecular weight is 255 g/mol. The Morgan fingerprint density at radius 3 is 2.39 bits per heavy atom. The van der Waals surface area contributed by atoms with Crippen molar-refractivity contribution in [2.45, 2.75) is 46.6 Å². The maximum Gasteiger partial charge on any atom is 0.162 e. The second kappa shape index (κ2) is 5.79. The Bertz CT molecular complexity index is 396. The van der Waals surface area contributed by atoms with Gasteiger partial charge in [-0.05, 0) is 35.8 Å². The Morgan fingerprint density at radius 1 is 1.22 bits per heavy atom. The Labute approximate surface area is 108 Å². The van der Waals surface area contributed by atoms with E-state index >= 15 is 0 Å². The first-order valence-electron chi connectivity index (χ1n) is 6.40. The monoisotopic (exact) mass is 255 g/mol. The maximum atomic E-state index is 13.5. The van der Waals surface area contributed by atoms with Crippen molar-refractivity contribution in [1.29, 1.82) is 0 Å². The van der Waals surface area contributed by atoms with E-state index in [-0.39, 0.29) is 11.5 Å². The summed E-state index contributed by atoms with van der Waals surface area (Å²) in [7, 11) is 0. The first-order chi connectivity index (χ1) is 8.21. The molecule has 0 aliphatic rings. The molecule has 2 unspecified atom stereocenters. The lowest BCUT2D eigenvalue weighted by atomic mass is 9.78. The van der Waals surface area contributed by atoms with E-state index in [4.69, 9.17) is 5.73 Å². The van der Waals surface area contributed by atoms with Crippen LogP contribution in [0.25, 0.3) is 0 Å². The SMILES string of the molecule is CC(CC(N)Cc1cccc(F)c1F)C(C)(C)C. The molecule has 0 heterocycles. The Hall–Kier alpha value is -0.960. The van der Waals surface area contributed by atoms with Crippen LogP contribution in [0.3, 0.4) is 0 Å². The molecule has 0 radical (unpaired) electrons. The molecule has 0 saturated heterocycles. The van der Waals surface area contributed by atoms with Crippen molar-refractivity contribution in [2.24, 2.45) is 17.1 Å². The zero-order valence-electron chi connectivity index (χ0n) is 11.6. The molecule has 3 heteroatoms. The van der Waals surface area contributed by atoms with Gasteiger partial charge >= 0.3 is 0 Å². The summed E-state index contributed by atoms with van der Waals surface area (Å²) in [6.45, 7) is 8.62. The molecule has 0 amide bonds. The zero-order valence-corrected chi connectivity index (χ0v) is 11.6. The first kappa shape index (κ1) is 15.1. The third kappa shape index (κ3) is 4.05. The molecular weight excluding hydrogens is 232 g/mol. The molecule has 1 aromatic carbocycles. The Kier molecular flexibility index (Phi) is 4.85. The van der Waals surface area contributed by atoms with Crippen LogP contribution in [0.1, 0.15) is 39.7 Å². The molecule has 1 nitrogen and oxygen atoms in total. The number of hydrogen-bond donors (Lipinski definition) is 1. The second-order valence-electron chi connectivity index (χ2n) is 6.18. The van der Waals surface area contributed by atoms with Crippen molar-refractivity contribution >= 4 is 0 Å². The fourth-order valence-corrected chi connectivity index (χ4v) is 1.88. The van der Waals surface area contributed by atoms with Crippen molar-refractivity contribution in [1.82, 2.24) is 0 Å². The van der Waals surface area contributed by atoms with Crippen LogP contribution in [0, 0.1) is 23.0 Å². The molecule has 0 bridgehead atoms. The van der Waals surface area contributed by atoms with Gasteiger partial charge in [-0.15, -0.1) is 0 Å². The Balaban J connectivity index is 2.65. The lowest BCUT2D eigenvalue weighted by molar-refractivity contribution is 0.232. The van der Waals surface area contributed by atoms with E-state index in [0.29, 0.717) is 17.9 Å². The van der Waals surface area contributed by atoms with E-state index in [0.717, 1.165) is 12.5 Å². The van der Waals surface area contributed by atoms with Crippen LogP contribution in [-0.4, -0.2) is 6.04 Å². The normalized spacial score (nSPS) is 15.5. The lowest BCUT2D eigenvalue weighted by Gasteiger charge is -2.29. The van der Waals surface area contributed by atoms with E-state index in [9.17, 15) is 8.78 Å².